The van der Waals surface area contributed by atoms with Gasteiger partial charge in [-0.2, -0.15) is 0 Å². The van der Waals surface area contributed by atoms with Gasteiger partial charge in [-0.15, -0.1) is 0 Å². The number of benzene rings is 2. The average molecular weight is 534 g/mol. The Labute approximate surface area is 222 Å². The van der Waals surface area contributed by atoms with E-state index < -0.39 is 17.6 Å². The number of aromatic nitrogens is 3. The minimum absolute atomic E-state index is 0.0125. The van der Waals surface area contributed by atoms with Crippen LogP contribution in [0.3, 0.4) is 0 Å². The average Bonchev–Trinajstić information content (AvgIpc) is 3.43. The quantitative estimate of drug-likeness (QED) is 0.236. The molecule has 0 radical (unpaired) electrons. The Bertz CT molecular complexity index is 1680. The van der Waals surface area contributed by atoms with Crippen LogP contribution in [0.1, 0.15) is 35.7 Å². The maximum Gasteiger partial charge on any atom is 0.335 e. The van der Waals surface area contributed by atoms with E-state index in [1.54, 1.807) is 37.7 Å². The predicted molar refractivity (Wildman–Crippen MR) is 141 cm³/mol. The van der Waals surface area contributed by atoms with E-state index in [4.69, 9.17) is 14.0 Å². The summed E-state index contributed by atoms with van der Waals surface area (Å²) in [6.45, 7) is 7.68. The van der Waals surface area contributed by atoms with Gasteiger partial charge in [0.1, 0.15) is 34.6 Å². The van der Waals surface area contributed by atoms with Crippen molar-refractivity contribution in [3.8, 4) is 39.4 Å². The molecule has 10 heteroatoms. The molecular weight excluding hydrogens is 508 g/mol. The maximum atomic E-state index is 15.0. The van der Waals surface area contributed by atoms with Gasteiger partial charge in [-0.25, -0.2) is 13.6 Å². The second kappa shape index (κ2) is 10.2. The molecule has 3 aromatic heterocycles. The lowest BCUT2D eigenvalue weighted by atomic mass is 10.0. The summed E-state index contributed by atoms with van der Waals surface area (Å²) in [5.74, 6) is -1.47. The van der Waals surface area contributed by atoms with Crippen LogP contribution in [-0.2, 0) is 0 Å². The lowest BCUT2D eigenvalue weighted by Crippen LogP contribution is -2.07. The fourth-order valence-corrected chi connectivity index (χ4v) is 4.70. The lowest BCUT2D eigenvalue weighted by Gasteiger charge is -2.18. The molecule has 0 amide bonds. The van der Waals surface area contributed by atoms with Gasteiger partial charge in [0.2, 0.25) is 0 Å². The minimum Gasteiger partial charge on any atom is -0.492 e. The molecule has 39 heavy (non-hydrogen) atoms. The number of aryl methyl sites for hydroxylation is 2. The summed E-state index contributed by atoms with van der Waals surface area (Å²) in [7, 11) is 0. The van der Waals surface area contributed by atoms with Gasteiger partial charge >= 0.3 is 5.97 Å². The normalized spacial score (nSPS) is 11.2. The zero-order valence-corrected chi connectivity index (χ0v) is 21.7. The first-order valence-corrected chi connectivity index (χ1v) is 12.3. The van der Waals surface area contributed by atoms with Crippen LogP contribution in [0.15, 0.2) is 53.3 Å². The van der Waals surface area contributed by atoms with Crippen molar-refractivity contribution >= 4 is 17.0 Å². The summed E-state index contributed by atoms with van der Waals surface area (Å²) in [6.07, 6.45) is 3.30. The van der Waals surface area contributed by atoms with Gasteiger partial charge in [0.25, 0.3) is 0 Å². The summed E-state index contributed by atoms with van der Waals surface area (Å²) < 4.78 is 47.6. The molecule has 3 heterocycles. The molecule has 1 N–H and O–H groups in total. The first-order valence-electron chi connectivity index (χ1n) is 12.3. The summed E-state index contributed by atoms with van der Waals surface area (Å²) >= 11 is 0. The highest BCUT2D eigenvalue weighted by Crippen LogP contribution is 2.41. The SMILES string of the molecule is CCOc1cc(C(=O)O)cc(OCC)c1-n1cc(-c2ccc(F)cc2F)c2ncc(-c3c(C)noc3C)cc21. The Morgan fingerprint density at radius 3 is 2.28 bits per heavy atom. The van der Waals surface area contributed by atoms with Gasteiger partial charge in [0.15, 0.2) is 0 Å². The van der Waals surface area contributed by atoms with E-state index in [-0.39, 0.29) is 35.8 Å². The van der Waals surface area contributed by atoms with E-state index in [1.165, 1.54) is 24.3 Å². The number of pyridine rings is 1. The Morgan fingerprint density at radius 1 is 1.03 bits per heavy atom. The summed E-state index contributed by atoms with van der Waals surface area (Å²) in [4.78, 5) is 16.5. The molecule has 2 aromatic carbocycles. The molecule has 0 atom stereocenters. The van der Waals surface area contributed by atoms with E-state index >= 15 is 4.39 Å². The number of halogens is 2. The lowest BCUT2D eigenvalue weighted by molar-refractivity contribution is 0.0695. The van der Waals surface area contributed by atoms with Crippen molar-refractivity contribution in [2.75, 3.05) is 13.2 Å². The number of carboxylic acid groups (broad SMARTS) is 1. The number of rotatable bonds is 8. The van der Waals surface area contributed by atoms with Crippen molar-refractivity contribution in [2.45, 2.75) is 27.7 Å². The van der Waals surface area contributed by atoms with Crippen LogP contribution >= 0.6 is 0 Å². The van der Waals surface area contributed by atoms with Crippen LogP contribution in [0, 0.1) is 25.5 Å². The number of ether oxygens (including phenoxy) is 2. The summed E-state index contributed by atoms with van der Waals surface area (Å²) in [5, 5.41) is 13.7. The molecule has 5 aromatic rings. The highest BCUT2D eigenvalue weighted by atomic mass is 19.1. The highest BCUT2D eigenvalue weighted by Gasteiger charge is 2.24. The number of hydrogen-bond acceptors (Lipinski definition) is 6. The number of hydrogen-bond donors (Lipinski definition) is 1. The van der Waals surface area contributed by atoms with Crippen LogP contribution in [0.5, 0.6) is 11.5 Å². The third-order valence-corrected chi connectivity index (χ3v) is 6.31. The standard InChI is InChI=1S/C29H25F2N3O5/c1-5-37-24-10-17(29(35)36)11-25(38-6-2)28(24)34-14-21(20-8-7-19(30)12-22(20)31)27-23(34)9-18(13-32-27)26-15(3)33-39-16(26)4/h7-14H,5-6H2,1-4H3,(H,35,36). The van der Waals surface area contributed by atoms with Gasteiger partial charge in [0.05, 0.1) is 35.5 Å². The molecule has 0 aliphatic rings. The number of nitrogens with zero attached hydrogens (tertiary/aromatic N) is 3. The minimum atomic E-state index is -1.14. The second-order valence-electron chi connectivity index (χ2n) is 8.82. The van der Waals surface area contributed by atoms with E-state index in [0.29, 0.717) is 39.3 Å². The summed E-state index contributed by atoms with van der Waals surface area (Å²) in [5.41, 5.74) is 4.09. The topological polar surface area (TPSA) is 99.6 Å². The molecule has 0 saturated carbocycles. The maximum absolute atomic E-state index is 15.0. The molecule has 0 saturated heterocycles. The second-order valence-corrected chi connectivity index (χ2v) is 8.82. The highest BCUT2D eigenvalue weighted by molar-refractivity contribution is 5.97. The molecule has 5 rings (SSSR count). The Balaban J connectivity index is 1.88. The molecule has 200 valence electrons. The number of fused-ring (bicyclic) bond motifs is 1. The molecule has 0 bridgehead atoms. The van der Waals surface area contributed by atoms with Gasteiger partial charge in [-0.1, -0.05) is 5.16 Å². The van der Waals surface area contributed by atoms with E-state index in [2.05, 4.69) is 10.1 Å². The Hall–Kier alpha value is -4.73. The molecule has 0 aliphatic heterocycles. The molecule has 8 nitrogen and oxygen atoms in total. The fraction of sp³-hybridized carbons (Fsp3) is 0.207. The zero-order valence-electron chi connectivity index (χ0n) is 21.7. The smallest absolute Gasteiger partial charge is 0.335 e. The van der Waals surface area contributed by atoms with Crippen molar-refractivity contribution in [1.82, 2.24) is 14.7 Å². The molecule has 0 aliphatic carbocycles. The van der Waals surface area contributed by atoms with Crippen molar-refractivity contribution in [2.24, 2.45) is 0 Å². The van der Waals surface area contributed by atoms with Crippen LogP contribution in [-0.4, -0.2) is 39.0 Å². The summed E-state index contributed by atoms with van der Waals surface area (Å²) in [6, 6.07) is 8.04. The predicted octanol–water partition coefficient (Wildman–Crippen LogP) is 6.74. The number of carboxylic acids is 1. The molecular formula is C29H25F2N3O5. The van der Waals surface area contributed by atoms with E-state index in [9.17, 15) is 14.3 Å². The van der Waals surface area contributed by atoms with Gasteiger partial charge in [0, 0.05) is 40.7 Å². The Kier molecular flexibility index (Phi) is 6.78. The van der Waals surface area contributed by atoms with Crippen molar-refractivity contribution in [3.05, 3.63) is 77.4 Å². The van der Waals surface area contributed by atoms with Crippen LogP contribution < -0.4 is 9.47 Å². The van der Waals surface area contributed by atoms with Gasteiger partial charge in [-0.3, -0.25) is 4.98 Å². The third kappa shape index (κ3) is 4.58. The van der Waals surface area contributed by atoms with Gasteiger partial charge < -0.3 is 23.7 Å². The van der Waals surface area contributed by atoms with Crippen LogP contribution in [0.2, 0.25) is 0 Å². The molecule has 0 spiro atoms. The van der Waals surface area contributed by atoms with Crippen molar-refractivity contribution in [3.63, 3.8) is 0 Å². The van der Waals surface area contributed by atoms with Crippen LogP contribution in [0.4, 0.5) is 8.78 Å². The number of aromatic carboxylic acids is 1. The monoisotopic (exact) mass is 533 g/mol. The van der Waals surface area contributed by atoms with Crippen LogP contribution in [0.25, 0.3) is 39.0 Å². The van der Waals surface area contributed by atoms with E-state index in [0.717, 1.165) is 11.6 Å². The molecule has 0 fully saturated rings. The third-order valence-electron chi connectivity index (χ3n) is 6.31. The first-order chi connectivity index (χ1) is 18.7. The van der Waals surface area contributed by atoms with Gasteiger partial charge in [-0.05, 0) is 58.0 Å². The number of carbonyl (C=O) groups is 1. The molecule has 0 unspecified atom stereocenters. The van der Waals surface area contributed by atoms with Crippen molar-refractivity contribution in [1.29, 1.82) is 0 Å². The largest absolute Gasteiger partial charge is 0.492 e. The Morgan fingerprint density at radius 2 is 1.72 bits per heavy atom. The zero-order chi connectivity index (χ0) is 27.8. The first kappa shape index (κ1) is 25.9. The fourth-order valence-electron chi connectivity index (χ4n) is 4.70. The van der Waals surface area contributed by atoms with E-state index in [1.807, 2.05) is 13.0 Å². The van der Waals surface area contributed by atoms with Crippen molar-refractivity contribution < 1.29 is 32.7 Å².